The van der Waals surface area contributed by atoms with E-state index in [1.807, 2.05) is 50.4 Å². The van der Waals surface area contributed by atoms with Gasteiger partial charge in [0.1, 0.15) is 11.6 Å². The first-order chi connectivity index (χ1) is 9.17. The summed E-state index contributed by atoms with van der Waals surface area (Å²) in [4.78, 5) is 0. The van der Waals surface area contributed by atoms with Crippen LogP contribution >= 0.6 is 0 Å². The SMILES string of the molecule is CNC(c1ccc(C)cc1F)c1ccccc1OC. The average Bonchev–Trinajstić information content (AvgIpc) is 2.42. The first-order valence-electron chi connectivity index (χ1n) is 6.23. The Morgan fingerprint density at radius 2 is 1.84 bits per heavy atom. The minimum atomic E-state index is -0.225. The predicted octanol–water partition coefficient (Wildman–Crippen LogP) is 3.45. The highest BCUT2D eigenvalue weighted by molar-refractivity contribution is 5.42. The normalized spacial score (nSPS) is 12.2. The molecule has 1 N–H and O–H groups in total. The average molecular weight is 259 g/mol. The maximum atomic E-state index is 14.1. The van der Waals surface area contributed by atoms with Crippen molar-refractivity contribution in [2.45, 2.75) is 13.0 Å². The number of aryl methyl sites for hydroxylation is 1. The molecule has 1 unspecified atom stereocenters. The molecule has 2 aromatic rings. The Hall–Kier alpha value is -1.87. The topological polar surface area (TPSA) is 21.3 Å². The third-order valence-electron chi connectivity index (χ3n) is 3.21. The van der Waals surface area contributed by atoms with Crippen molar-refractivity contribution in [2.75, 3.05) is 14.2 Å². The van der Waals surface area contributed by atoms with Crippen molar-refractivity contribution in [2.24, 2.45) is 0 Å². The molecule has 0 radical (unpaired) electrons. The molecule has 0 aromatic heterocycles. The third kappa shape index (κ3) is 2.76. The van der Waals surface area contributed by atoms with Crippen LogP contribution in [-0.4, -0.2) is 14.2 Å². The molecule has 0 fully saturated rings. The molecular formula is C16H18FNO. The minimum absolute atomic E-state index is 0.203. The summed E-state index contributed by atoms with van der Waals surface area (Å²) in [5.74, 6) is 0.548. The van der Waals surface area contributed by atoms with Crippen LogP contribution in [0, 0.1) is 12.7 Å². The number of para-hydroxylation sites is 1. The van der Waals surface area contributed by atoms with Crippen molar-refractivity contribution in [1.29, 1.82) is 0 Å². The zero-order chi connectivity index (χ0) is 13.8. The third-order valence-corrected chi connectivity index (χ3v) is 3.21. The number of hydrogen-bond donors (Lipinski definition) is 1. The number of halogens is 1. The Morgan fingerprint density at radius 3 is 2.47 bits per heavy atom. The highest BCUT2D eigenvalue weighted by atomic mass is 19.1. The van der Waals surface area contributed by atoms with Crippen LogP contribution in [0.1, 0.15) is 22.7 Å². The lowest BCUT2D eigenvalue weighted by atomic mass is 9.96. The van der Waals surface area contributed by atoms with Crippen molar-refractivity contribution < 1.29 is 9.13 Å². The maximum Gasteiger partial charge on any atom is 0.128 e. The molecule has 0 amide bonds. The molecule has 0 saturated carbocycles. The van der Waals surface area contributed by atoms with Crippen LogP contribution in [0.25, 0.3) is 0 Å². The summed E-state index contributed by atoms with van der Waals surface area (Å²) in [6.07, 6.45) is 0. The van der Waals surface area contributed by atoms with Crippen molar-refractivity contribution in [1.82, 2.24) is 5.32 Å². The number of benzene rings is 2. The van der Waals surface area contributed by atoms with E-state index in [1.54, 1.807) is 13.2 Å². The lowest BCUT2D eigenvalue weighted by Gasteiger charge is -2.20. The van der Waals surface area contributed by atoms with Gasteiger partial charge in [-0.05, 0) is 31.7 Å². The fraction of sp³-hybridized carbons (Fsp3) is 0.250. The Kier molecular flexibility index (Phi) is 4.17. The molecule has 2 rings (SSSR count). The number of nitrogens with one attached hydrogen (secondary N) is 1. The molecule has 1 atom stereocenters. The maximum absolute atomic E-state index is 14.1. The van der Waals surface area contributed by atoms with E-state index in [4.69, 9.17) is 4.74 Å². The van der Waals surface area contributed by atoms with Crippen LogP contribution in [0.15, 0.2) is 42.5 Å². The quantitative estimate of drug-likeness (QED) is 0.908. The molecule has 100 valence electrons. The number of hydrogen-bond acceptors (Lipinski definition) is 2. The molecule has 0 aliphatic rings. The Bertz CT molecular complexity index is 568. The van der Waals surface area contributed by atoms with Crippen LogP contribution in [0.5, 0.6) is 5.75 Å². The zero-order valence-corrected chi connectivity index (χ0v) is 11.4. The van der Waals surface area contributed by atoms with Gasteiger partial charge in [0.05, 0.1) is 13.2 Å². The molecule has 19 heavy (non-hydrogen) atoms. The van der Waals surface area contributed by atoms with E-state index in [1.165, 1.54) is 0 Å². The van der Waals surface area contributed by atoms with Gasteiger partial charge >= 0.3 is 0 Å². The van der Waals surface area contributed by atoms with Crippen LogP contribution in [-0.2, 0) is 0 Å². The highest BCUT2D eigenvalue weighted by Gasteiger charge is 2.19. The lowest BCUT2D eigenvalue weighted by Crippen LogP contribution is -2.19. The molecule has 0 aliphatic carbocycles. The van der Waals surface area contributed by atoms with Gasteiger partial charge in [0.15, 0.2) is 0 Å². The summed E-state index contributed by atoms with van der Waals surface area (Å²) < 4.78 is 19.5. The van der Waals surface area contributed by atoms with E-state index in [0.29, 0.717) is 5.56 Å². The summed E-state index contributed by atoms with van der Waals surface area (Å²) in [5, 5.41) is 3.15. The smallest absolute Gasteiger partial charge is 0.128 e. The van der Waals surface area contributed by atoms with Gasteiger partial charge in [0.2, 0.25) is 0 Å². The number of ether oxygens (including phenoxy) is 1. The van der Waals surface area contributed by atoms with Gasteiger partial charge < -0.3 is 10.1 Å². The first-order valence-corrected chi connectivity index (χ1v) is 6.23. The Labute approximate surface area is 113 Å². The van der Waals surface area contributed by atoms with Gasteiger partial charge in [0.25, 0.3) is 0 Å². The zero-order valence-electron chi connectivity index (χ0n) is 11.4. The van der Waals surface area contributed by atoms with E-state index >= 15 is 0 Å². The van der Waals surface area contributed by atoms with Crippen molar-refractivity contribution in [3.05, 3.63) is 65.0 Å². The summed E-state index contributed by atoms with van der Waals surface area (Å²) in [7, 11) is 3.44. The fourth-order valence-corrected chi connectivity index (χ4v) is 2.25. The van der Waals surface area contributed by atoms with Gasteiger partial charge in [-0.2, -0.15) is 0 Å². The standard InChI is InChI=1S/C16H18FNO/c1-11-8-9-12(14(17)10-11)16(18-2)13-6-4-5-7-15(13)19-3/h4-10,16,18H,1-3H3. The molecule has 2 nitrogen and oxygen atoms in total. The van der Waals surface area contributed by atoms with Gasteiger partial charge in [-0.1, -0.05) is 30.3 Å². The molecule has 0 heterocycles. The Morgan fingerprint density at radius 1 is 1.11 bits per heavy atom. The Balaban J connectivity index is 2.50. The van der Waals surface area contributed by atoms with E-state index in [-0.39, 0.29) is 11.9 Å². The predicted molar refractivity (Wildman–Crippen MR) is 75.0 cm³/mol. The van der Waals surface area contributed by atoms with Crippen molar-refractivity contribution >= 4 is 0 Å². The fourth-order valence-electron chi connectivity index (χ4n) is 2.25. The monoisotopic (exact) mass is 259 g/mol. The largest absolute Gasteiger partial charge is 0.496 e. The second-order valence-corrected chi connectivity index (χ2v) is 4.49. The highest BCUT2D eigenvalue weighted by Crippen LogP contribution is 2.31. The molecule has 3 heteroatoms. The van der Waals surface area contributed by atoms with Crippen LogP contribution in [0.2, 0.25) is 0 Å². The minimum Gasteiger partial charge on any atom is -0.496 e. The second-order valence-electron chi connectivity index (χ2n) is 4.49. The molecule has 0 aliphatic heterocycles. The molecular weight excluding hydrogens is 241 g/mol. The van der Waals surface area contributed by atoms with Crippen LogP contribution < -0.4 is 10.1 Å². The summed E-state index contributed by atoms with van der Waals surface area (Å²) in [5.41, 5.74) is 2.46. The van der Waals surface area contributed by atoms with Crippen LogP contribution in [0.4, 0.5) is 4.39 Å². The molecule has 0 bridgehead atoms. The van der Waals surface area contributed by atoms with Gasteiger partial charge in [-0.3, -0.25) is 0 Å². The van der Waals surface area contributed by atoms with Gasteiger partial charge in [-0.25, -0.2) is 4.39 Å². The second kappa shape index (κ2) is 5.85. The van der Waals surface area contributed by atoms with E-state index in [9.17, 15) is 4.39 Å². The van der Waals surface area contributed by atoms with E-state index in [2.05, 4.69) is 5.32 Å². The molecule has 2 aromatic carbocycles. The summed E-state index contributed by atoms with van der Waals surface area (Å²) in [6.45, 7) is 1.88. The van der Waals surface area contributed by atoms with E-state index < -0.39 is 0 Å². The number of methoxy groups -OCH3 is 1. The summed E-state index contributed by atoms with van der Waals surface area (Å²) in [6, 6.07) is 12.7. The van der Waals surface area contributed by atoms with Crippen molar-refractivity contribution in [3.63, 3.8) is 0 Å². The lowest BCUT2D eigenvalue weighted by molar-refractivity contribution is 0.404. The van der Waals surface area contributed by atoms with Crippen molar-refractivity contribution in [3.8, 4) is 5.75 Å². The van der Waals surface area contributed by atoms with Gasteiger partial charge in [0, 0.05) is 11.1 Å². The van der Waals surface area contributed by atoms with Gasteiger partial charge in [-0.15, -0.1) is 0 Å². The molecule has 0 spiro atoms. The van der Waals surface area contributed by atoms with Crippen LogP contribution in [0.3, 0.4) is 0 Å². The van der Waals surface area contributed by atoms with E-state index in [0.717, 1.165) is 16.9 Å². The first kappa shape index (κ1) is 13.6. The molecule has 0 saturated heterocycles. The summed E-state index contributed by atoms with van der Waals surface area (Å²) >= 11 is 0. The number of rotatable bonds is 4.